The predicted octanol–water partition coefficient (Wildman–Crippen LogP) is 4.28. The van der Waals surface area contributed by atoms with Gasteiger partial charge in [0.1, 0.15) is 18.4 Å². The minimum atomic E-state index is -0.919. The molecule has 3 aromatic heterocycles. The molecule has 0 amide bonds. The summed E-state index contributed by atoms with van der Waals surface area (Å²) in [6.07, 6.45) is 4.07. The highest BCUT2D eigenvalue weighted by atomic mass is 35.5. The Morgan fingerprint density at radius 3 is 2.75 bits per heavy atom. The van der Waals surface area contributed by atoms with Crippen LogP contribution in [0.25, 0.3) is 11.0 Å². The van der Waals surface area contributed by atoms with Gasteiger partial charge < -0.3 is 19.6 Å². The lowest BCUT2D eigenvalue weighted by Gasteiger charge is -2.14. The van der Waals surface area contributed by atoms with Gasteiger partial charge in [-0.1, -0.05) is 23.7 Å². The normalized spacial score (nSPS) is 12.1. The van der Waals surface area contributed by atoms with Crippen LogP contribution in [-0.4, -0.2) is 27.2 Å². The molecule has 0 aliphatic heterocycles. The quantitative estimate of drug-likeness (QED) is 0.509. The molecule has 1 aromatic carbocycles. The number of benzene rings is 1. The highest BCUT2D eigenvalue weighted by Gasteiger charge is 2.19. The van der Waals surface area contributed by atoms with Gasteiger partial charge in [-0.3, -0.25) is 4.98 Å². The fraction of sp³-hybridized carbons (Fsp3) is 0.143. The Hall–Kier alpha value is -3.09. The van der Waals surface area contributed by atoms with Crippen LogP contribution in [-0.2, 0) is 6.61 Å². The first-order valence-corrected chi connectivity index (χ1v) is 9.04. The van der Waals surface area contributed by atoms with E-state index in [0.717, 1.165) is 10.9 Å². The summed E-state index contributed by atoms with van der Waals surface area (Å²) in [6, 6.07) is 12.8. The van der Waals surface area contributed by atoms with Gasteiger partial charge in [0.15, 0.2) is 11.5 Å². The topological polar surface area (TPSA) is 80.3 Å². The van der Waals surface area contributed by atoms with Crippen molar-refractivity contribution in [3.63, 3.8) is 0 Å². The molecule has 0 fully saturated rings. The minimum absolute atomic E-state index is 0.352. The van der Waals surface area contributed by atoms with Crippen molar-refractivity contribution in [2.45, 2.75) is 12.7 Å². The molecule has 6 nitrogen and oxygen atoms in total. The Bertz CT molecular complexity index is 1100. The van der Waals surface area contributed by atoms with E-state index in [-0.39, 0.29) is 0 Å². The number of hydrogen-bond acceptors (Lipinski definition) is 5. The van der Waals surface area contributed by atoms with E-state index < -0.39 is 6.10 Å². The molecule has 1 atom stereocenters. The summed E-state index contributed by atoms with van der Waals surface area (Å²) in [4.78, 5) is 11.7. The molecule has 0 spiro atoms. The van der Waals surface area contributed by atoms with Gasteiger partial charge in [-0.2, -0.15) is 0 Å². The van der Waals surface area contributed by atoms with E-state index in [1.165, 1.54) is 0 Å². The predicted molar refractivity (Wildman–Crippen MR) is 107 cm³/mol. The number of pyridine rings is 2. The standard InChI is InChI=1S/C21H18ClN3O3/c1-27-18-9-17(20(26)16-10-25-21-15(16)3-2-8-23-21)24-11-19(18)28-12-13-4-6-14(22)7-5-13/h2-11,20,26H,12H2,1H3,(H,23,25). The number of nitrogens with one attached hydrogen (secondary N) is 1. The number of aliphatic hydroxyl groups is 1. The highest BCUT2D eigenvalue weighted by molar-refractivity contribution is 6.30. The summed E-state index contributed by atoms with van der Waals surface area (Å²) >= 11 is 5.90. The van der Waals surface area contributed by atoms with E-state index in [2.05, 4.69) is 15.0 Å². The van der Waals surface area contributed by atoms with E-state index in [9.17, 15) is 5.11 Å². The van der Waals surface area contributed by atoms with Gasteiger partial charge in [0.2, 0.25) is 0 Å². The molecule has 142 valence electrons. The summed E-state index contributed by atoms with van der Waals surface area (Å²) in [5.41, 5.74) is 2.85. The summed E-state index contributed by atoms with van der Waals surface area (Å²) in [5.74, 6) is 0.991. The Morgan fingerprint density at radius 2 is 1.96 bits per heavy atom. The molecule has 4 rings (SSSR count). The smallest absolute Gasteiger partial charge is 0.179 e. The zero-order valence-corrected chi connectivity index (χ0v) is 15.8. The average Bonchev–Trinajstić information content (AvgIpc) is 3.17. The largest absolute Gasteiger partial charge is 0.493 e. The fourth-order valence-electron chi connectivity index (χ4n) is 2.96. The zero-order chi connectivity index (χ0) is 19.5. The first-order chi connectivity index (χ1) is 13.7. The second-order valence-corrected chi connectivity index (χ2v) is 6.66. The second kappa shape index (κ2) is 7.88. The number of fused-ring (bicyclic) bond motifs is 1. The molecule has 0 aliphatic rings. The van der Waals surface area contributed by atoms with Crippen LogP contribution in [0.2, 0.25) is 5.02 Å². The lowest BCUT2D eigenvalue weighted by Crippen LogP contribution is -2.04. The number of methoxy groups -OCH3 is 1. The van der Waals surface area contributed by atoms with Gasteiger partial charge in [0.25, 0.3) is 0 Å². The van der Waals surface area contributed by atoms with E-state index in [0.29, 0.717) is 40.0 Å². The Morgan fingerprint density at radius 1 is 1.14 bits per heavy atom. The number of aliphatic hydroxyl groups excluding tert-OH is 1. The molecule has 0 saturated carbocycles. The van der Waals surface area contributed by atoms with Gasteiger partial charge in [-0.05, 0) is 29.8 Å². The molecule has 4 aromatic rings. The summed E-state index contributed by atoms with van der Waals surface area (Å²) < 4.78 is 11.3. The van der Waals surface area contributed by atoms with Gasteiger partial charge in [0, 0.05) is 34.4 Å². The molecule has 1 unspecified atom stereocenters. The highest BCUT2D eigenvalue weighted by Crippen LogP contribution is 2.33. The SMILES string of the molecule is COc1cc(C(O)c2c[nH]c3ncccc23)ncc1OCc1ccc(Cl)cc1. The molecule has 0 radical (unpaired) electrons. The van der Waals surface area contributed by atoms with Crippen LogP contribution < -0.4 is 9.47 Å². The van der Waals surface area contributed by atoms with Crippen molar-refractivity contribution in [1.82, 2.24) is 15.0 Å². The second-order valence-electron chi connectivity index (χ2n) is 6.22. The number of ether oxygens (including phenoxy) is 2. The number of aromatic amines is 1. The molecule has 0 aliphatic carbocycles. The van der Waals surface area contributed by atoms with E-state index in [1.54, 1.807) is 31.8 Å². The summed E-state index contributed by atoms with van der Waals surface area (Å²) in [7, 11) is 1.55. The first kappa shape index (κ1) is 18.3. The molecule has 0 saturated heterocycles. The molecule has 7 heteroatoms. The maximum absolute atomic E-state index is 10.8. The third-order valence-electron chi connectivity index (χ3n) is 4.44. The number of nitrogens with zero attached hydrogens (tertiary/aromatic N) is 2. The minimum Gasteiger partial charge on any atom is -0.493 e. The van der Waals surface area contributed by atoms with Crippen molar-refractivity contribution >= 4 is 22.6 Å². The molecule has 3 heterocycles. The van der Waals surface area contributed by atoms with Gasteiger partial charge >= 0.3 is 0 Å². The van der Waals surface area contributed by atoms with Crippen molar-refractivity contribution < 1.29 is 14.6 Å². The molecule has 0 bridgehead atoms. The van der Waals surface area contributed by atoms with Crippen LogP contribution in [0.5, 0.6) is 11.5 Å². The van der Waals surface area contributed by atoms with Crippen LogP contribution in [0.3, 0.4) is 0 Å². The van der Waals surface area contributed by atoms with Crippen LogP contribution in [0, 0.1) is 0 Å². The summed E-state index contributed by atoms with van der Waals surface area (Å²) in [6.45, 7) is 0.352. The number of rotatable bonds is 6. The van der Waals surface area contributed by atoms with Crippen LogP contribution in [0.4, 0.5) is 0 Å². The third-order valence-corrected chi connectivity index (χ3v) is 4.69. The van der Waals surface area contributed by atoms with Crippen LogP contribution in [0.1, 0.15) is 22.9 Å². The summed E-state index contributed by atoms with van der Waals surface area (Å²) in [5, 5.41) is 12.3. The van der Waals surface area contributed by atoms with Crippen molar-refractivity contribution in [2.75, 3.05) is 7.11 Å². The number of H-pyrrole nitrogens is 1. The third kappa shape index (κ3) is 3.65. The van der Waals surface area contributed by atoms with Crippen molar-refractivity contribution in [3.05, 3.63) is 82.9 Å². The molecular weight excluding hydrogens is 378 g/mol. The number of halogens is 1. The zero-order valence-electron chi connectivity index (χ0n) is 15.1. The van der Waals surface area contributed by atoms with Gasteiger partial charge in [0.05, 0.1) is 19.0 Å². The van der Waals surface area contributed by atoms with Crippen molar-refractivity contribution in [1.29, 1.82) is 0 Å². The van der Waals surface area contributed by atoms with Crippen LogP contribution >= 0.6 is 11.6 Å². The lowest BCUT2D eigenvalue weighted by atomic mass is 10.1. The maximum atomic E-state index is 10.8. The number of aromatic nitrogens is 3. The van der Waals surface area contributed by atoms with E-state index >= 15 is 0 Å². The lowest BCUT2D eigenvalue weighted by molar-refractivity contribution is 0.215. The Kier molecular flexibility index (Phi) is 5.14. The Labute approximate surface area is 166 Å². The number of hydrogen-bond donors (Lipinski definition) is 2. The fourth-order valence-corrected chi connectivity index (χ4v) is 3.09. The maximum Gasteiger partial charge on any atom is 0.179 e. The molecule has 28 heavy (non-hydrogen) atoms. The van der Waals surface area contributed by atoms with Crippen molar-refractivity contribution in [3.8, 4) is 11.5 Å². The van der Waals surface area contributed by atoms with Gasteiger partial charge in [-0.15, -0.1) is 0 Å². The average molecular weight is 396 g/mol. The Balaban J connectivity index is 1.56. The van der Waals surface area contributed by atoms with Crippen molar-refractivity contribution in [2.24, 2.45) is 0 Å². The van der Waals surface area contributed by atoms with Gasteiger partial charge in [-0.25, -0.2) is 4.98 Å². The van der Waals surface area contributed by atoms with E-state index in [1.807, 2.05) is 36.4 Å². The van der Waals surface area contributed by atoms with Crippen LogP contribution in [0.15, 0.2) is 61.1 Å². The first-order valence-electron chi connectivity index (χ1n) is 8.67. The molecular formula is C21H18ClN3O3. The monoisotopic (exact) mass is 395 g/mol. The molecule has 2 N–H and O–H groups in total. The van der Waals surface area contributed by atoms with E-state index in [4.69, 9.17) is 21.1 Å².